The first kappa shape index (κ1) is 52.9. The molecule has 0 aliphatic carbocycles. The van der Waals surface area contributed by atoms with Crippen LogP contribution in [0.25, 0.3) is 21.5 Å². The van der Waals surface area contributed by atoms with Crippen molar-refractivity contribution in [2.75, 3.05) is 0 Å². The summed E-state index contributed by atoms with van der Waals surface area (Å²) in [6, 6.07) is 0. The molecule has 6 heterocycles. The van der Waals surface area contributed by atoms with Crippen molar-refractivity contribution < 1.29 is 0 Å². The summed E-state index contributed by atoms with van der Waals surface area (Å²) in [6.45, 7) is 48.0. The number of aromatic nitrogens is 2. The zero-order valence-corrected chi connectivity index (χ0v) is 42.3. The number of nitrogens with zero attached hydrogens (tertiary/aromatic N) is 8. The first-order chi connectivity index (χ1) is 30.0. The first-order valence-electron chi connectivity index (χ1n) is 23.2. The fourth-order valence-electron chi connectivity index (χ4n) is 10.2. The van der Waals surface area contributed by atoms with E-state index in [2.05, 4.69) is 120 Å². The molecule has 0 spiro atoms. The van der Waals surface area contributed by atoms with E-state index in [1.807, 2.05) is 41.5 Å². The summed E-state index contributed by atoms with van der Waals surface area (Å²) < 4.78 is 4.63. The Balaban J connectivity index is 0.00000102. The lowest BCUT2D eigenvalue weighted by Gasteiger charge is -2.15. The SMILES string of the molecule is C.C.C.CC.CC.CC.Cc1c(C)c(C)c2c(c1C)C1=NC2=Nc2c3c(C)c(C)c(C)c(C)c3c3n2Cn2c(c4c(C)c(C)c(C)c(C)c4c2=NC2=NC(=N3)c3c(C)c(C)c(C)c(C)c32)=N1. The van der Waals surface area contributed by atoms with Crippen molar-refractivity contribution in [2.24, 2.45) is 30.0 Å². The Morgan fingerprint density at radius 1 is 0.258 bits per heavy atom. The maximum Gasteiger partial charge on any atom is 0.165 e. The van der Waals surface area contributed by atoms with Gasteiger partial charge in [-0.3, -0.25) is 9.13 Å². The molecule has 8 heteroatoms. The van der Waals surface area contributed by atoms with Crippen molar-refractivity contribution in [1.82, 2.24) is 9.13 Å². The van der Waals surface area contributed by atoms with E-state index in [1.54, 1.807) is 0 Å². The molecular formula is C58H80N8. The van der Waals surface area contributed by atoms with Gasteiger partial charge in [-0.05, 0) is 200 Å². The molecule has 10 rings (SSSR count). The summed E-state index contributed by atoms with van der Waals surface area (Å²) in [4.78, 5) is 33.6. The highest BCUT2D eigenvalue weighted by Gasteiger charge is 2.35. The second kappa shape index (κ2) is 18.9. The Morgan fingerprint density at radius 3 is 0.758 bits per heavy atom. The highest BCUT2D eigenvalue weighted by Crippen LogP contribution is 2.47. The van der Waals surface area contributed by atoms with E-state index in [4.69, 9.17) is 30.0 Å². The van der Waals surface area contributed by atoms with Gasteiger partial charge in [0.05, 0.1) is 0 Å². The summed E-state index contributed by atoms with van der Waals surface area (Å²) in [7, 11) is 0. The number of benzene rings is 4. The fourth-order valence-corrected chi connectivity index (χ4v) is 10.2. The maximum absolute atomic E-state index is 5.69. The molecule has 66 heavy (non-hydrogen) atoms. The number of aryl methyl sites for hydroxylation is 4. The fraction of sp³-hybridized carbons (Fsp3) is 0.448. The number of aliphatic imine (C=N–C) groups is 4. The molecule has 0 radical (unpaired) electrons. The van der Waals surface area contributed by atoms with E-state index in [0.717, 1.165) is 66.4 Å². The molecule has 0 saturated heterocycles. The second-order valence-electron chi connectivity index (χ2n) is 17.3. The number of hydrogen-bond acceptors (Lipinski definition) is 6. The lowest BCUT2D eigenvalue weighted by Crippen LogP contribution is -2.32. The Labute approximate surface area is 397 Å². The van der Waals surface area contributed by atoms with E-state index in [1.165, 1.54) is 89.0 Å². The van der Waals surface area contributed by atoms with E-state index in [-0.39, 0.29) is 22.3 Å². The van der Waals surface area contributed by atoms with Gasteiger partial charge in [-0.2, -0.15) is 0 Å². The molecule has 0 atom stereocenters. The third-order valence-corrected chi connectivity index (χ3v) is 15.1. The lowest BCUT2D eigenvalue weighted by atomic mass is 9.89. The Bertz CT molecular complexity index is 3080. The molecule has 0 unspecified atom stereocenters. The molecule has 4 aliphatic rings. The van der Waals surface area contributed by atoms with Crippen LogP contribution in [0.4, 0.5) is 11.6 Å². The highest BCUT2D eigenvalue weighted by atomic mass is 15.3. The number of rotatable bonds is 0. The van der Waals surface area contributed by atoms with E-state index in [0.29, 0.717) is 30.0 Å². The minimum absolute atomic E-state index is 0. The van der Waals surface area contributed by atoms with Crippen molar-refractivity contribution in [3.8, 4) is 0 Å². The van der Waals surface area contributed by atoms with E-state index in [9.17, 15) is 0 Å². The van der Waals surface area contributed by atoms with Crippen LogP contribution in [0.5, 0.6) is 0 Å². The van der Waals surface area contributed by atoms with Crippen LogP contribution in [0.1, 0.15) is 175 Å². The summed E-state index contributed by atoms with van der Waals surface area (Å²) >= 11 is 0. The molecule has 6 bridgehead atoms. The van der Waals surface area contributed by atoms with Crippen LogP contribution in [-0.4, -0.2) is 32.5 Å². The number of amidine groups is 4. The van der Waals surface area contributed by atoms with Gasteiger partial charge in [-0.15, -0.1) is 0 Å². The molecule has 0 amide bonds. The topological polar surface area (TPSA) is 84.0 Å². The summed E-state index contributed by atoms with van der Waals surface area (Å²) in [5.41, 5.74) is 25.7. The minimum atomic E-state index is 0. The Hall–Kier alpha value is -5.76. The van der Waals surface area contributed by atoms with Crippen molar-refractivity contribution in [3.05, 3.63) is 122 Å². The second-order valence-corrected chi connectivity index (χ2v) is 17.3. The average molecular weight is 889 g/mol. The van der Waals surface area contributed by atoms with Gasteiger partial charge in [0, 0.05) is 43.8 Å². The van der Waals surface area contributed by atoms with Gasteiger partial charge in [0.25, 0.3) is 0 Å². The van der Waals surface area contributed by atoms with Crippen LogP contribution < -0.4 is 11.0 Å². The van der Waals surface area contributed by atoms with Gasteiger partial charge in [-0.25, -0.2) is 30.0 Å². The first-order valence-corrected chi connectivity index (χ1v) is 23.2. The Morgan fingerprint density at radius 2 is 0.485 bits per heavy atom. The molecule has 4 aromatic carbocycles. The predicted octanol–water partition coefficient (Wildman–Crippen LogP) is 15.0. The van der Waals surface area contributed by atoms with E-state index >= 15 is 0 Å². The summed E-state index contributed by atoms with van der Waals surface area (Å²) in [5.74, 6) is 4.51. The molecule has 2 aromatic heterocycles. The van der Waals surface area contributed by atoms with Crippen LogP contribution >= 0.6 is 0 Å². The van der Waals surface area contributed by atoms with Crippen LogP contribution in [0, 0.1) is 111 Å². The molecular weight excluding hydrogens is 809 g/mol. The highest BCUT2D eigenvalue weighted by molar-refractivity contribution is 6.27. The van der Waals surface area contributed by atoms with Gasteiger partial charge in [0.15, 0.2) is 23.3 Å². The molecule has 352 valence electrons. The Kier molecular flexibility index (Phi) is 15.1. The zero-order valence-electron chi connectivity index (χ0n) is 42.3. The summed E-state index contributed by atoms with van der Waals surface area (Å²) in [5, 5.41) is 4.42. The van der Waals surface area contributed by atoms with Gasteiger partial charge in [-0.1, -0.05) is 63.8 Å². The van der Waals surface area contributed by atoms with E-state index < -0.39 is 0 Å². The molecule has 4 aliphatic heterocycles. The molecule has 0 N–H and O–H groups in total. The number of fused-ring (bicyclic) bond motifs is 14. The largest absolute Gasteiger partial charge is 0.291 e. The van der Waals surface area contributed by atoms with Gasteiger partial charge >= 0.3 is 0 Å². The molecule has 6 aromatic rings. The smallest absolute Gasteiger partial charge is 0.165 e. The molecule has 0 fully saturated rings. The van der Waals surface area contributed by atoms with Gasteiger partial charge < -0.3 is 0 Å². The number of hydrogen-bond donors (Lipinski definition) is 0. The normalized spacial score (nSPS) is 13.2. The standard InChI is InChI=1S/C49H50N8.3C2H6.3CH4/c1-18-19(2)27(10)35-34(26(18)9)42-50-43(35)53-47-40-32(15)24(7)25(8)33(16)41(40)49-55-45-37-29(12)21(4)20(3)28(11)36(37)44(51-45)54-48-39-31(14)23(6)22(5)30(13)38(39)46(52-42)56(48)17-57(47)49;3*1-2;;;/h17H2,1-16H3;3*1-2H3;3*1H4. The minimum Gasteiger partial charge on any atom is -0.291 e. The van der Waals surface area contributed by atoms with Crippen molar-refractivity contribution in [3.63, 3.8) is 0 Å². The van der Waals surface area contributed by atoms with Crippen molar-refractivity contribution in [1.29, 1.82) is 0 Å². The quantitative estimate of drug-likeness (QED) is 0.146. The summed E-state index contributed by atoms with van der Waals surface area (Å²) in [6.07, 6.45) is 0. The zero-order chi connectivity index (χ0) is 46.6. The van der Waals surface area contributed by atoms with Crippen LogP contribution in [0.3, 0.4) is 0 Å². The van der Waals surface area contributed by atoms with Crippen LogP contribution in [0.15, 0.2) is 30.0 Å². The maximum atomic E-state index is 5.69. The monoisotopic (exact) mass is 889 g/mol. The average Bonchev–Trinajstić information content (AvgIpc) is 4.01. The van der Waals surface area contributed by atoms with Gasteiger partial charge in [0.1, 0.15) is 29.3 Å². The molecule has 0 saturated carbocycles. The molecule has 8 nitrogen and oxygen atoms in total. The third-order valence-electron chi connectivity index (χ3n) is 15.1. The predicted molar refractivity (Wildman–Crippen MR) is 290 cm³/mol. The van der Waals surface area contributed by atoms with Gasteiger partial charge in [0.2, 0.25) is 0 Å². The van der Waals surface area contributed by atoms with Crippen molar-refractivity contribution in [2.45, 2.75) is 181 Å². The van der Waals surface area contributed by atoms with Crippen LogP contribution in [-0.2, 0) is 6.67 Å². The lowest BCUT2D eigenvalue weighted by molar-refractivity contribution is 0.583. The van der Waals surface area contributed by atoms with Crippen LogP contribution in [0.2, 0.25) is 0 Å². The van der Waals surface area contributed by atoms with Crippen molar-refractivity contribution >= 4 is 56.5 Å². The third kappa shape index (κ3) is 6.90.